The number of benzene rings is 2. The van der Waals surface area contributed by atoms with Crippen molar-refractivity contribution in [3.8, 4) is 17.2 Å². The van der Waals surface area contributed by atoms with E-state index in [1.807, 2.05) is 36.4 Å². The molecule has 0 saturated heterocycles. The van der Waals surface area contributed by atoms with Crippen LogP contribution in [0.4, 0.5) is 0 Å². The Morgan fingerprint density at radius 3 is 2.84 bits per heavy atom. The van der Waals surface area contributed by atoms with Crippen molar-refractivity contribution in [1.29, 1.82) is 0 Å². The number of hydrogen-bond donors (Lipinski definition) is 2. The van der Waals surface area contributed by atoms with Gasteiger partial charge in [0.25, 0.3) is 5.91 Å². The van der Waals surface area contributed by atoms with E-state index in [9.17, 15) is 4.79 Å². The summed E-state index contributed by atoms with van der Waals surface area (Å²) in [6.07, 6.45) is 5.37. The third-order valence-electron chi connectivity index (χ3n) is 5.16. The topological polar surface area (TPSA) is 98.6 Å². The lowest BCUT2D eigenvalue weighted by Crippen LogP contribution is -2.23. The third kappa shape index (κ3) is 3.78. The fraction of sp³-hybridized carbons (Fsp3) is 0.167. The number of carbonyl (C=O) groups is 1. The van der Waals surface area contributed by atoms with Crippen LogP contribution in [-0.4, -0.2) is 36.4 Å². The van der Waals surface area contributed by atoms with Gasteiger partial charge in [0.1, 0.15) is 24.7 Å². The Morgan fingerprint density at radius 2 is 2.03 bits per heavy atom. The number of ether oxygens (including phenoxy) is 3. The lowest BCUT2D eigenvalue weighted by molar-refractivity contribution is 0.0945. The highest BCUT2D eigenvalue weighted by Gasteiger charge is 2.19. The van der Waals surface area contributed by atoms with Gasteiger partial charge in [-0.2, -0.15) is 5.10 Å². The Kier molecular flexibility index (Phi) is 5.25. The molecule has 32 heavy (non-hydrogen) atoms. The summed E-state index contributed by atoms with van der Waals surface area (Å²) in [7, 11) is 1.54. The van der Waals surface area contributed by atoms with Crippen LogP contribution in [0, 0.1) is 0 Å². The maximum absolute atomic E-state index is 12.8. The molecule has 0 aliphatic carbocycles. The maximum atomic E-state index is 12.8. The van der Waals surface area contributed by atoms with Crippen molar-refractivity contribution in [3.05, 3.63) is 71.3 Å². The zero-order valence-corrected chi connectivity index (χ0v) is 17.4. The first-order chi connectivity index (χ1) is 15.7. The number of fused-ring (bicyclic) bond motifs is 2. The Bertz CT molecular complexity index is 1290. The van der Waals surface area contributed by atoms with E-state index in [0.29, 0.717) is 36.0 Å². The molecule has 0 saturated carbocycles. The first kappa shape index (κ1) is 19.7. The number of amides is 1. The number of aromatic amines is 1. The number of H-pyrrole nitrogens is 1. The number of nitrogens with zero attached hydrogens (tertiary/aromatic N) is 1. The molecule has 1 aliphatic rings. The summed E-state index contributed by atoms with van der Waals surface area (Å²) in [4.78, 5) is 12.8. The summed E-state index contributed by atoms with van der Waals surface area (Å²) in [5.74, 6) is 2.33. The lowest BCUT2D eigenvalue weighted by atomic mass is 10.1. The summed E-state index contributed by atoms with van der Waals surface area (Å²) in [6, 6.07) is 12.9. The highest BCUT2D eigenvalue weighted by atomic mass is 16.6. The third-order valence-corrected chi connectivity index (χ3v) is 5.16. The Balaban J connectivity index is 1.44. The molecule has 8 heteroatoms. The van der Waals surface area contributed by atoms with Crippen molar-refractivity contribution in [2.45, 2.75) is 6.54 Å². The molecule has 0 bridgehead atoms. The van der Waals surface area contributed by atoms with E-state index in [1.54, 1.807) is 31.6 Å². The fourth-order valence-corrected chi connectivity index (χ4v) is 3.63. The van der Waals surface area contributed by atoms with E-state index < -0.39 is 0 Å². The number of nitrogens with one attached hydrogen (secondary N) is 2. The molecule has 2 N–H and O–H groups in total. The number of furan rings is 1. The first-order valence-corrected chi connectivity index (χ1v) is 10.2. The van der Waals surface area contributed by atoms with Crippen LogP contribution < -0.4 is 19.5 Å². The maximum Gasteiger partial charge on any atom is 0.255 e. The Morgan fingerprint density at radius 1 is 1.16 bits per heavy atom. The molecular weight excluding hydrogens is 410 g/mol. The lowest BCUT2D eigenvalue weighted by Gasteiger charge is -2.18. The molecule has 2 aromatic heterocycles. The van der Waals surface area contributed by atoms with E-state index in [1.165, 1.54) is 0 Å². The van der Waals surface area contributed by atoms with Crippen LogP contribution in [0.2, 0.25) is 0 Å². The summed E-state index contributed by atoms with van der Waals surface area (Å²) >= 11 is 0. The van der Waals surface area contributed by atoms with Crippen molar-refractivity contribution >= 4 is 29.0 Å². The number of rotatable bonds is 6. The minimum atomic E-state index is -0.261. The van der Waals surface area contributed by atoms with Crippen molar-refractivity contribution in [2.75, 3.05) is 20.3 Å². The smallest absolute Gasteiger partial charge is 0.255 e. The minimum absolute atomic E-state index is 0.261. The zero-order valence-electron chi connectivity index (χ0n) is 17.4. The van der Waals surface area contributed by atoms with Gasteiger partial charge in [-0.25, -0.2) is 0 Å². The summed E-state index contributed by atoms with van der Waals surface area (Å²) in [5.41, 5.74) is 2.79. The van der Waals surface area contributed by atoms with Gasteiger partial charge in [0, 0.05) is 0 Å². The molecule has 0 atom stereocenters. The van der Waals surface area contributed by atoms with Gasteiger partial charge in [-0.05, 0) is 48.0 Å². The zero-order chi connectivity index (χ0) is 21.9. The van der Waals surface area contributed by atoms with Gasteiger partial charge in [0.15, 0.2) is 11.5 Å². The van der Waals surface area contributed by atoms with Crippen LogP contribution in [0.25, 0.3) is 23.1 Å². The van der Waals surface area contributed by atoms with Crippen molar-refractivity contribution in [1.82, 2.24) is 15.5 Å². The second-order valence-electron chi connectivity index (χ2n) is 7.18. The van der Waals surface area contributed by atoms with Gasteiger partial charge in [-0.1, -0.05) is 12.1 Å². The average Bonchev–Trinajstić information content (AvgIpc) is 3.50. The average molecular weight is 431 g/mol. The summed E-state index contributed by atoms with van der Waals surface area (Å²) < 4.78 is 22.1. The second kappa shape index (κ2) is 8.50. The predicted octanol–water partition coefficient (Wildman–Crippen LogP) is 4.04. The van der Waals surface area contributed by atoms with Gasteiger partial charge in [0.05, 0.1) is 42.1 Å². The molecule has 0 fully saturated rings. The van der Waals surface area contributed by atoms with E-state index in [-0.39, 0.29) is 12.5 Å². The molecule has 1 aliphatic heterocycles. The summed E-state index contributed by atoms with van der Waals surface area (Å²) in [5, 5.41) is 11.0. The van der Waals surface area contributed by atoms with E-state index >= 15 is 0 Å². The molecule has 162 valence electrons. The number of carbonyl (C=O) groups excluding carboxylic acids is 1. The highest BCUT2D eigenvalue weighted by Crippen LogP contribution is 2.34. The minimum Gasteiger partial charge on any atom is -0.495 e. The molecule has 0 spiro atoms. The first-order valence-electron chi connectivity index (χ1n) is 10.2. The molecule has 0 radical (unpaired) electrons. The van der Waals surface area contributed by atoms with Crippen LogP contribution >= 0.6 is 0 Å². The number of methoxy groups -OCH3 is 1. The quantitative estimate of drug-likeness (QED) is 0.478. The molecule has 5 rings (SSSR count). The van der Waals surface area contributed by atoms with Crippen molar-refractivity contribution < 1.29 is 23.4 Å². The SMILES string of the molecule is COc1c(C(=O)NCc2ccco2)ccc2[nH]nc(C=Cc3ccc4c(c3)OCCO4)c12. The van der Waals surface area contributed by atoms with Crippen LogP contribution in [-0.2, 0) is 6.54 Å². The molecule has 8 nitrogen and oxygen atoms in total. The Labute approximate surface area is 183 Å². The Hall–Kier alpha value is -4.20. The fourth-order valence-electron chi connectivity index (χ4n) is 3.63. The van der Waals surface area contributed by atoms with Crippen LogP contribution in [0.1, 0.15) is 27.4 Å². The van der Waals surface area contributed by atoms with Gasteiger partial charge in [0.2, 0.25) is 0 Å². The molecule has 4 aromatic rings. The van der Waals surface area contributed by atoms with Gasteiger partial charge < -0.3 is 23.9 Å². The molecule has 1 amide bonds. The summed E-state index contributed by atoms with van der Waals surface area (Å²) in [6.45, 7) is 1.38. The standard InChI is InChI=1S/C24H21N3O5/c1-29-23-17(24(28)25-14-16-3-2-10-30-16)6-8-19-22(23)18(26-27-19)7-4-15-5-9-20-21(13-15)32-12-11-31-20/h2-10,13H,11-12,14H2,1H3,(H,25,28)(H,26,27). The van der Waals surface area contributed by atoms with Crippen LogP contribution in [0.15, 0.2) is 53.1 Å². The molecule has 0 unspecified atom stereocenters. The molecule has 3 heterocycles. The normalized spacial score (nSPS) is 12.9. The van der Waals surface area contributed by atoms with Crippen LogP contribution in [0.3, 0.4) is 0 Å². The largest absolute Gasteiger partial charge is 0.495 e. The molecule has 2 aromatic carbocycles. The van der Waals surface area contributed by atoms with Gasteiger partial charge >= 0.3 is 0 Å². The van der Waals surface area contributed by atoms with E-state index in [0.717, 1.165) is 28.0 Å². The van der Waals surface area contributed by atoms with Gasteiger partial charge in [-0.3, -0.25) is 9.89 Å². The van der Waals surface area contributed by atoms with Gasteiger partial charge in [-0.15, -0.1) is 0 Å². The van der Waals surface area contributed by atoms with Crippen molar-refractivity contribution in [2.24, 2.45) is 0 Å². The van der Waals surface area contributed by atoms with Crippen LogP contribution in [0.5, 0.6) is 17.2 Å². The van der Waals surface area contributed by atoms with Crippen molar-refractivity contribution in [3.63, 3.8) is 0 Å². The number of aromatic nitrogens is 2. The van der Waals surface area contributed by atoms with E-state index in [4.69, 9.17) is 18.6 Å². The highest BCUT2D eigenvalue weighted by molar-refractivity contribution is 6.05. The van der Waals surface area contributed by atoms with E-state index in [2.05, 4.69) is 15.5 Å². The second-order valence-corrected chi connectivity index (χ2v) is 7.18. The number of hydrogen-bond acceptors (Lipinski definition) is 6. The predicted molar refractivity (Wildman–Crippen MR) is 119 cm³/mol. The monoisotopic (exact) mass is 431 g/mol. The molecular formula is C24H21N3O5.